The van der Waals surface area contributed by atoms with Crippen LogP contribution in [0, 0.1) is 5.92 Å². The lowest BCUT2D eigenvalue weighted by Crippen LogP contribution is -2.49. The Morgan fingerprint density at radius 1 is 1.32 bits per heavy atom. The van der Waals surface area contributed by atoms with Gasteiger partial charge in [0.1, 0.15) is 11.8 Å². The standard InChI is InChI=1S/C17H23NO4/c1-12-9-10-18(15(11-12)17(20)21)16(19)8-5-13-3-6-14(22-2)7-4-13/h3-4,6-7,12,15H,5,8-11H2,1-2H3,(H,20,21). The average molecular weight is 305 g/mol. The Bertz CT molecular complexity index is 526. The molecule has 1 aliphatic heterocycles. The highest BCUT2D eigenvalue weighted by Gasteiger charge is 2.34. The first-order valence-corrected chi connectivity index (χ1v) is 7.66. The van der Waals surface area contributed by atoms with Crippen molar-refractivity contribution in [3.63, 3.8) is 0 Å². The van der Waals surface area contributed by atoms with Crippen LogP contribution in [-0.4, -0.2) is 41.6 Å². The number of ether oxygens (including phenoxy) is 1. The number of aliphatic carboxylic acids is 1. The molecule has 0 bridgehead atoms. The molecule has 1 saturated heterocycles. The minimum absolute atomic E-state index is 0.0740. The van der Waals surface area contributed by atoms with E-state index in [9.17, 15) is 14.7 Å². The van der Waals surface area contributed by atoms with Crippen molar-refractivity contribution in [2.45, 2.75) is 38.6 Å². The van der Waals surface area contributed by atoms with Crippen LogP contribution in [0.5, 0.6) is 5.75 Å². The van der Waals surface area contributed by atoms with Gasteiger partial charge in [-0.15, -0.1) is 0 Å². The van der Waals surface area contributed by atoms with Crippen molar-refractivity contribution in [1.29, 1.82) is 0 Å². The number of benzene rings is 1. The van der Waals surface area contributed by atoms with Gasteiger partial charge in [0.15, 0.2) is 0 Å². The van der Waals surface area contributed by atoms with Crippen LogP contribution in [0.15, 0.2) is 24.3 Å². The van der Waals surface area contributed by atoms with E-state index in [1.54, 1.807) is 7.11 Å². The molecule has 0 radical (unpaired) electrons. The van der Waals surface area contributed by atoms with Crippen LogP contribution in [0.3, 0.4) is 0 Å². The van der Waals surface area contributed by atoms with E-state index in [0.717, 1.165) is 17.7 Å². The van der Waals surface area contributed by atoms with E-state index >= 15 is 0 Å². The number of hydrogen-bond acceptors (Lipinski definition) is 3. The van der Waals surface area contributed by atoms with Gasteiger partial charge in [0.05, 0.1) is 7.11 Å². The number of nitrogens with zero attached hydrogens (tertiary/aromatic N) is 1. The molecule has 0 saturated carbocycles. The minimum atomic E-state index is -0.899. The number of likely N-dealkylation sites (tertiary alicyclic amines) is 1. The summed E-state index contributed by atoms with van der Waals surface area (Å²) in [6, 6.07) is 6.91. The monoisotopic (exact) mass is 305 g/mol. The summed E-state index contributed by atoms with van der Waals surface area (Å²) < 4.78 is 5.10. The molecule has 22 heavy (non-hydrogen) atoms. The summed E-state index contributed by atoms with van der Waals surface area (Å²) >= 11 is 0. The van der Waals surface area contributed by atoms with Crippen LogP contribution < -0.4 is 4.74 Å². The normalized spacial score (nSPS) is 21.5. The summed E-state index contributed by atoms with van der Waals surface area (Å²) in [6.45, 7) is 2.58. The second kappa shape index (κ2) is 7.29. The minimum Gasteiger partial charge on any atom is -0.497 e. The first kappa shape index (κ1) is 16.3. The number of carboxylic acids is 1. The third-order valence-corrected chi connectivity index (χ3v) is 4.26. The van der Waals surface area contributed by atoms with E-state index < -0.39 is 12.0 Å². The van der Waals surface area contributed by atoms with Crippen LogP contribution >= 0.6 is 0 Å². The molecule has 1 aromatic rings. The van der Waals surface area contributed by atoms with E-state index in [1.165, 1.54) is 4.90 Å². The third kappa shape index (κ3) is 4.00. The number of carboxylic acid groups (broad SMARTS) is 1. The summed E-state index contributed by atoms with van der Waals surface area (Å²) in [4.78, 5) is 25.2. The zero-order valence-electron chi connectivity index (χ0n) is 13.1. The largest absolute Gasteiger partial charge is 0.497 e. The van der Waals surface area contributed by atoms with Gasteiger partial charge >= 0.3 is 5.97 Å². The summed E-state index contributed by atoms with van der Waals surface area (Å²) in [5.41, 5.74) is 1.05. The van der Waals surface area contributed by atoms with Gasteiger partial charge in [-0.25, -0.2) is 4.79 Å². The van der Waals surface area contributed by atoms with Gasteiger partial charge in [-0.05, 0) is 42.9 Å². The fourth-order valence-electron chi connectivity index (χ4n) is 2.86. The maximum Gasteiger partial charge on any atom is 0.326 e. The molecule has 0 aromatic heterocycles. The first-order valence-electron chi connectivity index (χ1n) is 7.66. The molecule has 2 unspecified atom stereocenters. The molecule has 1 amide bonds. The predicted molar refractivity (Wildman–Crippen MR) is 82.8 cm³/mol. The Balaban J connectivity index is 1.93. The van der Waals surface area contributed by atoms with Crippen molar-refractivity contribution in [2.24, 2.45) is 5.92 Å². The van der Waals surface area contributed by atoms with Crippen molar-refractivity contribution < 1.29 is 19.4 Å². The lowest BCUT2D eigenvalue weighted by Gasteiger charge is -2.36. The zero-order valence-corrected chi connectivity index (χ0v) is 13.1. The van der Waals surface area contributed by atoms with Crippen molar-refractivity contribution in [2.75, 3.05) is 13.7 Å². The van der Waals surface area contributed by atoms with E-state index in [-0.39, 0.29) is 5.91 Å². The molecule has 5 nitrogen and oxygen atoms in total. The topological polar surface area (TPSA) is 66.8 Å². The maximum absolute atomic E-state index is 12.4. The Hall–Kier alpha value is -2.04. The molecular formula is C17H23NO4. The Labute approximate surface area is 130 Å². The third-order valence-electron chi connectivity index (χ3n) is 4.26. The highest BCUT2D eigenvalue weighted by molar-refractivity contribution is 5.84. The van der Waals surface area contributed by atoms with Crippen LogP contribution in [0.4, 0.5) is 0 Å². The number of rotatable bonds is 5. The van der Waals surface area contributed by atoms with E-state index in [2.05, 4.69) is 0 Å². The van der Waals surface area contributed by atoms with Gasteiger partial charge < -0.3 is 14.7 Å². The van der Waals surface area contributed by atoms with Crippen molar-refractivity contribution in [3.8, 4) is 5.75 Å². The lowest BCUT2D eigenvalue weighted by molar-refractivity contribution is -0.153. The SMILES string of the molecule is COc1ccc(CCC(=O)N2CCC(C)CC2C(=O)O)cc1. The van der Waals surface area contributed by atoms with Crippen molar-refractivity contribution in [3.05, 3.63) is 29.8 Å². The Kier molecular flexibility index (Phi) is 5.41. The van der Waals surface area contributed by atoms with Crippen molar-refractivity contribution >= 4 is 11.9 Å². The van der Waals surface area contributed by atoms with Gasteiger partial charge in [-0.3, -0.25) is 4.79 Å². The molecule has 2 atom stereocenters. The highest BCUT2D eigenvalue weighted by Crippen LogP contribution is 2.24. The molecule has 1 N–H and O–H groups in total. The number of hydrogen-bond donors (Lipinski definition) is 1. The second-order valence-electron chi connectivity index (χ2n) is 5.92. The quantitative estimate of drug-likeness (QED) is 0.906. The number of methoxy groups -OCH3 is 1. The van der Waals surface area contributed by atoms with E-state index in [4.69, 9.17) is 4.74 Å². The molecular weight excluding hydrogens is 282 g/mol. The summed E-state index contributed by atoms with van der Waals surface area (Å²) in [5, 5.41) is 9.31. The number of amides is 1. The van der Waals surface area contributed by atoms with Crippen LogP contribution in [0.25, 0.3) is 0 Å². The molecule has 1 heterocycles. The zero-order chi connectivity index (χ0) is 16.1. The number of carbonyl (C=O) groups excluding carboxylic acids is 1. The van der Waals surface area contributed by atoms with Gasteiger partial charge in [-0.1, -0.05) is 19.1 Å². The average Bonchev–Trinajstić information content (AvgIpc) is 2.53. The molecule has 5 heteroatoms. The fraction of sp³-hybridized carbons (Fsp3) is 0.529. The number of aryl methyl sites for hydroxylation is 1. The van der Waals surface area contributed by atoms with Gasteiger partial charge in [0.2, 0.25) is 5.91 Å². The second-order valence-corrected chi connectivity index (χ2v) is 5.92. The molecule has 1 aliphatic rings. The van der Waals surface area contributed by atoms with Crippen LogP contribution in [0.1, 0.15) is 31.7 Å². The lowest BCUT2D eigenvalue weighted by atomic mass is 9.92. The summed E-state index contributed by atoms with van der Waals surface area (Å²) in [5.74, 6) is 0.164. The molecule has 1 aromatic carbocycles. The van der Waals surface area contributed by atoms with Crippen LogP contribution in [-0.2, 0) is 16.0 Å². The summed E-state index contributed by atoms with van der Waals surface area (Å²) in [6.07, 6.45) is 2.37. The number of piperidine rings is 1. The molecule has 0 spiro atoms. The predicted octanol–water partition coefficient (Wildman–Crippen LogP) is 2.34. The van der Waals surface area contributed by atoms with Gasteiger partial charge in [0, 0.05) is 13.0 Å². The van der Waals surface area contributed by atoms with E-state index in [1.807, 2.05) is 31.2 Å². The number of carbonyl (C=O) groups is 2. The molecule has 0 aliphatic carbocycles. The van der Waals surface area contributed by atoms with Crippen molar-refractivity contribution in [1.82, 2.24) is 4.90 Å². The molecule has 2 rings (SSSR count). The van der Waals surface area contributed by atoms with Gasteiger partial charge in [-0.2, -0.15) is 0 Å². The fourth-order valence-corrected chi connectivity index (χ4v) is 2.86. The molecule has 120 valence electrons. The van der Waals surface area contributed by atoms with Crippen LogP contribution in [0.2, 0.25) is 0 Å². The maximum atomic E-state index is 12.4. The van der Waals surface area contributed by atoms with E-state index in [0.29, 0.717) is 31.7 Å². The first-order chi connectivity index (χ1) is 10.5. The van der Waals surface area contributed by atoms with Gasteiger partial charge in [0.25, 0.3) is 0 Å². The highest BCUT2D eigenvalue weighted by atomic mass is 16.5. The Morgan fingerprint density at radius 2 is 2.00 bits per heavy atom. The Morgan fingerprint density at radius 3 is 2.59 bits per heavy atom. The smallest absolute Gasteiger partial charge is 0.326 e. The molecule has 1 fully saturated rings. The summed E-state index contributed by atoms with van der Waals surface area (Å²) in [7, 11) is 1.61.